The molecule has 1 saturated carbocycles. The first-order valence-corrected chi connectivity index (χ1v) is 7.97. The van der Waals surface area contributed by atoms with Gasteiger partial charge in [0.05, 0.1) is 0 Å². The lowest BCUT2D eigenvalue weighted by Crippen LogP contribution is -2.60. The molecular formula is C17H34N2. The second kappa shape index (κ2) is 7.44. The predicted octanol–water partition coefficient (Wildman–Crippen LogP) is 3.83. The minimum Gasteiger partial charge on any atom is -0.312 e. The fraction of sp³-hybridized carbons (Fsp3) is 0.882. The molecule has 0 aromatic carbocycles. The summed E-state index contributed by atoms with van der Waals surface area (Å²) in [6.07, 6.45) is 7.75. The molecule has 0 amide bonds. The van der Waals surface area contributed by atoms with Gasteiger partial charge in [0.1, 0.15) is 0 Å². The molecule has 0 bridgehead atoms. The van der Waals surface area contributed by atoms with Crippen LogP contribution in [0.15, 0.2) is 12.2 Å². The van der Waals surface area contributed by atoms with Crippen molar-refractivity contribution in [2.75, 3.05) is 20.6 Å². The Kier molecular flexibility index (Phi) is 6.55. The van der Waals surface area contributed by atoms with E-state index in [1.807, 2.05) is 0 Å². The molecule has 1 rings (SSSR count). The molecule has 2 nitrogen and oxygen atoms in total. The molecule has 0 spiro atoms. The number of nitrogens with one attached hydrogen (secondary N) is 1. The van der Waals surface area contributed by atoms with Crippen molar-refractivity contribution in [2.24, 2.45) is 5.92 Å². The Balaban J connectivity index is 2.82. The Bertz CT molecular complexity index is 275. The van der Waals surface area contributed by atoms with Gasteiger partial charge in [-0.25, -0.2) is 0 Å². The molecule has 1 fully saturated rings. The Morgan fingerprint density at radius 3 is 2.37 bits per heavy atom. The standard InChI is InChI=1S/C17H34N2/c1-7-18-16(9-8-14(2)3)17(19(5)6)12-10-15(4)11-13-17/h15-16,18H,2,7-13H2,1,3-6H3. The maximum atomic E-state index is 4.07. The summed E-state index contributed by atoms with van der Waals surface area (Å²) >= 11 is 0. The van der Waals surface area contributed by atoms with Crippen molar-refractivity contribution in [1.82, 2.24) is 10.2 Å². The number of hydrogen-bond donors (Lipinski definition) is 1. The van der Waals surface area contributed by atoms with Crippen LogP contribution < -0.4 is 5.32 Å². The van der Waals surface area contributed by atoms with Crippen LogP contribution in [0.3, 0.4) is 0 Å². The summed E-state index contributed by atoms with van der Waals surface area (Å²) < 4.78 is 0. The van der Waals surface area contributed by atoms with Gasteiger partial charge in [0.25, 0.3) is 0 Å². The van der Waals surface area contributed by atoms with E-state index in [-0.39, 0.29) is 0 Å². The summed E-state index contributed by atoms with van der Waals surface area (Å²) in [6.45, 7) is 11.9. The van der Waals surface area contributed by atoms with Crippen molar-refractivity contribution >= 4 is 0 Å². The molecule has 0 aromatic heterocycles. The van der Waals surface area contributed by atoms with Gasteiger partial charge in [-0.15, -0.1) is 6.58 Å². The lowest BCUT2D eigenvalue weighted by atomic mass is 9.70. The first-order chi connectivity index (χ1) is 8.92. The van der Waals surface area contributed by atoms with Gasteiger partial charge >= 0.3 is 0 Å². The van der Waals surface area contributed by atoms with E-state index in [1.54, 1.807) is 0 Å². The van der Waals surface area contributed by atoms with Crippen LogP contribution in [-0.2, 0) is 0 Å². The highest BCUT2D eigenvalue weighted by Gasteiger charge is 2.42. The van der Waals surface area contributed by atoms with Crippen LogP contribution in [0.1, 0.15) is 59.3 Å². The third kappa shape index (κ3) is 4.32. The highest BCUT2D eigenvalue weighted by atomic mass is 15.2. The lowest BCUT2D eigenvalue weighted by molar-refractivity contribution is 0.0410. The Labute approximate surface area is 120 Å². The summed E-state index contributed by atoms with van der Waals surface area (Å²) in [5.41, 5.74) is 1.65. The minimum absolute atomic E-state index is 0.345. The fourth-order valence-corrected chi connectivity index (χ4v) is 3.57. The molecule has 0 aromatic rings. The van der Waals surface area contributed by atoms with E-state index in [0.717, 1.165) is 18.9 Å². The number of rotatable bonds is 7. The van der Waals surface area contributed by atoms with E-state index in [4.69, 9.17) is 0 Å². The fourth-order valence-electron chi connectivity index (χ4n) is 3.57. The Morgan fingerprint density at radius 1 is 1.37 bits per heavy atom. The van der Waals surface area contributed by atoms with Crippen molar-refractivity contribution in [3.8, 4) is 0 Å². The minimum atomic E-state index is 0.345. The summed E-state index contributed by atoms with van der Waals surface area (Å²) in [4.78, 5) is 2.49. The van der Waals surface area contributed by atoms with Crippen molar-refractivity contribution in [1.29, 1.82) is 0 Å². The van der Waals surface area contributed by atoms with Gasteiger partial charge in [-0.1, -0.05) is 19.4 Å². The molecule has 1 N–H and O–H groups in total. The second-order valence-corrected chi connectivity index (χ2v) is 6.79. The molecule has 1 unspecified atom stereocenters. The van der Waals surface area contributed by atoms with Gasteiger partial charge in [-0.3, -0.25) is 0 Å². The third-order valence-electron chi connectivity index (χ3n) is 4.99. The molecule has 1 aliphatic rings. The zero-order chi connectivity index (χ0) is 14.5. The zero-order valence-electron chi connectivity index (χ0n) is 13.8. The highest BCUT2D eigenvalue weighted by Crippen LogP contribution is 2.39. The van der Waals surface area contributed by atoms with Crippen molar-refractivity contribution < 1.29 is 0 Å². The van der Waals surface area contributed by atoms with E-state index in [1.165, 1.54) is 37.7 Å². The summed E-state index contributed by atoms with van der Waals surface area (Å²) in [7, 11) is 4.53. The lowest BCUT2D eigenvalue weighted by Gasteiger charge is -2.50. The Hall–Kier alpha value is -0.340. The van der Waals surface area contributed by atoms with E-state index in [0.29, 0.717) is 11.6 Å². The van der Waals surface area contributed by atoms with Gasteiger partial charge < -0.3 is 10.2 Å². The maximum absolute atomic E-state index is 4.07. The highest BCUT2D eigenvalue weighted by molar-refractivity contribution is 5.03. The van der Waals surface area contributed by atoms with E-state index in [2.05, 4.69) is 51.7 Å². The van der Waals surface area contributed by atoms with Gasteiger partial charge in [0.15, 0.2) is 0 Å². The van der Waals surface area contributed by atoms with Crippen LogP contribution in [0.5, 0.6) is 0 Å². The summed E-state index contributed by atoms with van der Waals surface area (Å²) in [5, 5.41) is 3.76. The van der Waals surface area contributed by atoms with Crippen LogP contribution in [0.4, 0.5) is 0 Å². The molecule has 1 atom stereocenters. The van der Waals surface area contributed by atoms with Crippen molar-refractivity contribution in [3.05, 3.63) is 12.2 Å². The maximum Gasteiger partial charge on any atom is 0.0356 e. The van der Waals surface area contributed by atoms with Crippen molar-refractivity contribution in [3.63, 3.8) is 0 Å². The van der Waals surface area contributed by atoms with Crippen LogP contribution in [0.25, 0.3) is 0 Å². The normalized spacial score (nSPS) is 29.5. The number of allylic oxidation sites excluding steroid dienone is 1. The summed E-state index contributed by atoms with van der Waals surface area (Å²) in [6, 6.07) is 0.594. The van der Waals surface area contributed by atoms with Gasteiger partial charge in [-0.2, -0.15) is 0 Å². The average Bonchev–Trinajstić information content (AvgIpc) is 2.35. The zero-order valence-corrected chi connectivity index (χ0v) is 13.8. The van der Waals surface area contributed by atoms with Gasteiger partial charge in [0, 0.05) is 11.6 Å². The molecule has 0 saturated heterocycles. The second-order valence-electron chi connectivity index (χ2n) is 6.79. The molecule has 1 aliphatic carbocycles. The smallest absolute Gasteiger partial charge is 0.0356 e. The third-order valence-corrected chi connectivity index (χ3v) is 4.99. The number of likely N-dealkylation sites (N-methyl/N-ethyl adjacent to an activating group) is 2. The van der Waals surface area contributed by atoms with Crippen LogP contribution in [0.2, 0.25) is 0 Å². The van der Waals surface area contributed by atoms with Crippen LogP contribution in [-0.4, -0.2) is 37.1 Å². The van der Waals surface area contributed by atoms with Crippen LogP contribution >= 0.6 is 0 Å². The van der Waals surface area contributed by atoms with Crippen LogP contribution in [0, 0.1) is 5.92 Å². The molecule has 2 heteroatoms. The molecule has 0 heterocycles. The number of hydrogen-bond acceptors (Lipinski definition) is 2. The number of nitrogens with zero attached hydrogens (tertiary/aromatic N) is 1. The predicted molar refractivity (Wildman–Crippen MR) is 85.6 cm³/mol. The van der Waals surface area contributed by atoms with E-state index < -0.39 is 0 Å². The van der Waals surface area contributed by atoms with E-state index >= 15 is 0 Å². The van der Waals surface area contributed by atoms with E-state index in [9.17, 15) is 0 Å². The monoisotopic (exact) mass is 266 g/mol. The van der Waals surface area contributed by atoms with Crippen molar-refractivity contribution in [2.45, 2.75) is 70.9 Å². The van der Waals surface area contributed by atoms with Gasteiger partial charge in [0.2, 0.25) is 0 Å². The molecule has 112 valence electrons. The molecule has 0 radical (unpaired) electrons. The summed E-state index contributed by atoms with van der Waals surface area (Å²) in [5.74, 6) is 0.900. The average molecular weight is 266 g/mol. The van der Waals surface area contributed by atoms with Gasteiger partial charge in [-0.05, 0) is 72.0 Å². The SMILES string of the molecule is C=C(C)CCC(NCC)C1(N(C)C)CCC(C)CC1. The molecular weight excluding hydrogens is 232 g/mol. The molecule has 19 heavy (non-hydrogen) atoms. The first kappa shape index (κ1) is 16.7. The topological polar surface area (TPSA) is 15.3 Å². The molecule has 0 aliphatic heterocycles. The largest absolute Gasteiger partial charge is 0.312 e. The first-order valence-electron chi connectivity index (χ1n) is 7.97. The Morgan fingerprint density at radius 2 is 1.95 bits per heavy atom. The quantitative estimate of drug-likeness (QED) is 0.705.